The molecule has 0 bridgehead atoms. The summed E-state index contributed by atoms with van der Waals surface area (Å²) in [5.41, 5.74) is 11.0. The summed E-state index contributed by atoms with van der Waals surface area (Å²) in [6.45, 7) is 6.23. The first kappa shape index (κ1) is 12.6. The van der Waals surface area contributed by atoms with Crippen LogP contribution >= 0.6 is 22.9 Å². The van der Waals surface area contributed by atoms with Crippen LogP contribution < -0.4 is 5.73 Å². The molecule has 90 valence electrons. The summed E-state index contributed by atoms with van der Waals surface area (Å²) in [4.78, 5) is 1.19. The van der Waals surface area contributed by atoms with Gasteiger partial charge in [0, 0.05) is 9.90 Å². The first-order valence-corrected chi connectivity index (χ1v) is 6.82. The highest BCUT2D eigenvalue weighted by Crippen LogP contribution is 2.32. The predicted octanol–water partition coefficient (Wildman–Crippen LogP) is 4.37. The van der Waals surface area contributed by atoms with E-state index in [0.717, 1.165) is 10.6 Å². The van der Waals surface area contributed by atoms with Crippen LogP contribution in [0.4, 0.5) is 0 Å². The second-order valence-electron chi connectivity index (χ2n) is 4.40. The quantitative estimate of drug-likeness (QED) is 0.857. The number of benzene rings is 1. The summed E-state index contributed by atoms with van der Waals surface area (Å²) in [5.74, 6) is 0. The number of nitrogens with two attached hydrogens (primary N) is 1. The minimum Gasteiger partial charge on any atom is -0.320 e. The Balaban J connectivity index is 2.48. The van der Waals surface area contributed by atoms with E-state index < -0.39 is 0 Å². The zero-order valence-electron chi connectivity index (χ0n) is 10.3. The van der Waals surface area contributed by atoms with Gasteiger partial charge < -0.3 is 5.73 Å². The van der Waals surface area contributed by atoms with Gasteiger partial charge in [0.15, 0.2) is 0 Å². The molecule has 3 heteroatoms. The fraction of sp³-hybridized carbons (Fsp3) is 0.286. The molecule has 0 aliphatic rings. The van der Waals surface area contributed by atoms with Crippen molar-refractivity contribution in [3.63, 3.8) is 0 Å². The van der Waals surface area contributed by atoms with E-state index in [-0.39, 0.29) is 6.04 Å². The largest absolute Gasteiger partial charge is 0.320 e. The molecule has 1 aromatic carbocycles. The Hall–Kier alpha value is -0.830. The average Bonchev–Trinajstić information content (AvgIpc) is 2.69. The van der Waals surface area contributed by atoms with E-state index in [2.05, 4.69) is 38.3 Å². The summed E-state index contributed by atoms with van der Waals surface area (Å²) in [5, 5.41) is 2.83. The lowest BCUT2D eigenvalue weighted by Gasteiger charge is -2.15. The van der Waals surface area contributed by atoms with Gasteiger partial charge in [-0.1, -0.05) is 17.7 Å². The van der Waals surface area contributed by atoms with Gasteiger partial charge in [-0.25, -0.2) is 0 Å². The molecule has 0 saturated carbocycles. The highest BCUT2D eigenvalue weighted by atomic mass is 35.5. The van der Waals surface area contributed by atoms with Gasteiger partial charge in [-0.3, -0.25) is 0 Å². The Morgan fingerprint density at radius 3 is 2.35 bits per heavy atom. The maximum atomic E-state index is 6.31. The minimum absolute atomic E-state index is 0.123. The number of rotatable bonds is 2. The van der Waals surface area contributed by atoms with E-state index in [0.29, 0.717) is 0 Å². The van der Waals surface area contributed by atoms with Gasteiger partial charge in [-0.2, -0.15) is 0 Å². The molecule has 17 heavy (non-hydrogen) atoms. The summed E-state index contributed by atoms with van der Waals surface area (Å²) >= 11 is 7.98. The van der Waals surface area contributed by atoms with E-state index in [1.807, 2.05) is 6.07 Å². The molecule has 1 aromatic heterocycles. The van der Waals surface area contributed by atoms with Crippen molar-refractivity contribution in [2.24, 2.45) is 5.73 Å². The molecular weight excluding hydrogens is 250 g/mol. The van der Waals surface area contributed by atoms with Crippen LogP contribution in [-0.2, 0) is 0 Å². The van der Waals surface area contributed by atoms with Gasteiger partial charge in [-0.15, -0.1) is 11.3 Å². The van der Waals surface area contributed by atoms with E-state index in [1.165, 1.54) is 21.6 Å². The summed E-state index contributed by atoms with van der Waals surface area (Å²) in [6, 6.07) is 6.06. The van der Waals surface area contributed by atoms with Crippen molar-refractivity contribution in [2.45, 2.75) is 26.8 Å². The molecule has 2 N–H and O–H groups in total. The van der Waals surface area contributed by atoms with E-state index in [9.17, 15) is 0 Å². The van der Waals surface area contributed by atoms with Gasteiger partial charge in [0.25, 0.3) is 0 Å². The van der Waals surface area contributed by atoms with Crippen LogP contribution in [0.5, 0.6) is 0 Å². The molecule has 0 amide bonds. The van der Waals surface area contributed by atoms with Crippen LogP contribution in [0.15, 0.2) is 23.6 Å². The maximum Gasteiger partial charge on any atom is 0.0663 e. The molecule has 1 unspecified atom stereocenters. The van der Waals surface area contributed by atoms with Gasteiger partial charge in [0.1, 0.15) is 0 Å². The molecule has 0 spiro atoms. The molecule has 0 radical (unpaired) electrons. The lowest BCUT2D eigenvalue weighted by molar-refractivity contribution is 0.882. The van der Waals surface area contributed by atoms with Crippen molar-refractivity contribution in [2.75, 3.05) is 0 Å². The van der Waals surface area contributed by atoms with Crippen molar-refractivity contribution in [3.05, 3.63) is 55.7 Å². The van der Waals surface area contributed by atoms with Crippen LogP contribution in [0.3, 0.4) is 0 Å². The molecule has 0 saturated heterocycles. The Kier molecular flexibility index (Phi) is 3.57. The van der Waals surface area contributed by atoms with Crippen molar-refractivity contribution >= 4 is 22.9 Å². The third-order valence-corrected chi connectivity index (χ3v) is 4.56. The SMILES string of the molecule is Cc1cc(Cl)c(C(N)c2sccc2C)cc1C. The Morgan fingerprint density at radius 1 is 1.12 bits per heavy atom. The fourth-order valence-corrected chi connectivity index (χ4v) is 3.17. The smallest absolute Gasteiger partial charge is 0.0663 e. The fourth-order valence-electron chi connectivity index (χ4n) is 1.89. The van der Waals surface area contributed by atoms with Gasteiger partial charge in [0.05, 0.1) is 6.04 Å². The average molecular weight is 266 g/mol. The molecule has 0 fully saturated rings. The highest BCUT2D eigenvalue weighted by Gasteiger charge is 2.16. The van der Waals surface area contributed by atoms with Crippen molar-refractivity contribution in [1.82, 2.24) is 0 Å². The topological polar surface area (TPSA) is 26.0 Å². The van der Waals surface area contributed by atoms with Crippen molar-refractivity contribution < 1.29 is 0 Å². The van der Waals surface area contributed by atoms with Gasteiger partial charge >= 0.3 is 0 Å². The molecule has 0 aliphatic heterocycles. The van der Waals surface area contributed by atoms with Gasteiger partial charge in [-0.05, 0) is 60.5 Å². The molecular formula is C14H16ClNS. The first-order valence-electron chi connectivity index (χ1n) is 5.57. The van der Waals surface area contributed by atoms with E-state index in [1.54, 1.807) is 11.3 Å². The van der Waals surface area contributed by atoms with E-state index in [4.69, 9.17) is 17.3 Å². The van der Waals surface area contributed by atoms with Crippen LogP contribution in [0.2, 0.25) is 5.02 Å². The molecule has 1 atom stereocenters. The normalized spacial score (nSPS) is 12.8. The zero-order chi connectivity index (χ0) is 12.6. The molecule has 0 aliphatic carbocycles. The molecule has 1 heterocycles. The summed E-state index contributed by atoms with van der Waals surface area (Å²) in [6.07, 6.45) is 0. The van der Waals surface area contributed by atoms with Crippen LogP contribution in [0, 0.1) is 20.8 Å². The first-order chi connectivity index (χ1) is 8.00. The third kappa shape index (κ3) is 2.39. The highest BCUT2D eigenvalue weighted by molar-refractivity contribution is 7.10. The molecule has 1 nitrogen and oxygen atoms in total. The Morgan fingerprint density at radius 2 is 1.76 bits per heavy atom. The Labute approximate surface area is 111 Å². The summed E-state index contributed by atoms with van der Waals surface area (Å²) < 4.78 is 0. The van der Waals surface area contributed by atoms with Crippen molar-refractivity contribution in [3.8, 4) is 0 Å². The predicted molar refractivity (Wildman–Crippen MR) is 76.0 cm³/mol. The molecule has 2 rings (SSSR count). The van der Waals surface area contributed by atoms with Gasteiger partial charge in [0.2, 0.25) is 0 Å². The maximum absolute atomic E-state index is 6.31. The van der Waals surface area contributed by atoms with Crippen LogP contribution in [0.1, 0.15) is 33.2 Å². The minimum atomic E-state index is -0.123. The van der Waals surface area contributed by atoms with Crippen molar-refractivity contribution in [1.29, 1.82) is 0 Å². The van der Waals surface area contributed by atoms with Crippen LogP contribution in [-0.4, -0.2) is 0 Å². The number of hydrogen-bond acceptors (Lipinski definition) is 2. The lowest BCUT2D eigenvalue weighted by atomic mass is 9.99. The third-order valence-electron chi connectivity index (χ3n) is 3.13. The molecule has 2 aromatic rings. The van der Waals surface area contributed by atoms with Crippen LogP contribution in [0.25, 0.3) is 0 Å². The number of halogens is 1. The second-order valence-corrected chi connectivity index (χ2v) is 5.76. The zero-order valence-corrected chi connectivity index (χ0v) is 11.8. The summed E-state index contributed by atoms with van der Waals surface area (Å²) in [7, 11) is 0. The number of thiophene rings is 1. The Bertz CT molecular complexity index is 545. The number of hydrogen-bond donors (Lipinski definition) is 1. The standard InChI is InChI=1S/C14H16ClNS/c1-8-4-5-17-14(8)13(16)11-6-9(2)10(3)7-12(11)15/h4-7,13H,16H2,1-3H3. The van der Waals surface area contributed by atoms with E-state index >= 15 is 0 Å². The second kappa shape index (κ2) is 4.81. The monoisotopic (exact) mass is 265 g/mol. The lowest BCUT2D eigenvalue weighted by Crippen LogP contribution is -2.12. The number of aryl methyl sites for hydroxylation is 3.